The van der Waals surface area contributed by atoms with Crippen molar-refractivity contribution in [3.05, 3.63) is 53.8 Å². The maximum Gasteiger partial charge on any atom is 0.303 e. The van der Waals surface area contributed by atoms with Crippen LogP contribution in [0, 0.1) is 0 Å². The number of unbranched alkanes of at least 4 members (excludes halogenated alkanes) is 2. The number of nitrogens with one attached hydrogen (secondary N) is 2. The molecule has 1 atom stereocenters. The Kier molecular flexibility index (Phi) is 9.70. The molecule has 31 heavy (non-hydrogen) atoms. The van der Waals surface area contributed by atoms with Crippen molar-refractivity contribution in [3.63, 3.8) is 0 Å². The number of rotatable bonds is 13. The summed E-state index contributed by atoms with van der Waals surface area (Å²) in [6, 6.07) is 7.65. The van der Waals surface area contributed by atoms with Crippen molar-refractivity contribution in [2.75, 3.05) is 13.2 Å². The number of amides is 1. The zero-order chi connectivity index (χ0) is 22.7. The van der Waals surface area contributed by atoms with Crippen LogP contribution >= 0.6 is 11.6 Å². The lowest BCUT2D eigenvalue weighted by Gasteiger charge is -2.19. The van der Waals surface area contributed by atoms with Gasteiger partial charge in [-0.2, -0.15) is 4.72 Å². The second-order valence-electron chi connectivity index (χ2n) is 6.62. The molecule has 3 N–H and O–H groups in total. The van der Waals surface area contributed by atoms with Crippen molar-refractivity contribution in [2.45, 2.75) is 36.6 Å². The minimum Gasteiger partial charge on any atom is -0.490 e. The monoisotopic (exact) mass is 469 g/mol. The predicted molar refractivity (Wildman–Crippen MR) is 114 cm³/mol. The molecule has 0 aliphatic rings. The van der Waals surface area contributed by atoms with E-state index in [1.54, 1.807) is 18.3 Å². The molecule has 0 radical (unpaired) electrons. The smallest absolute Gasteiger partial charge is 0.303 e. The van der Waals surface area contributed by atoms with Crippen LogP contribution in [-0.4, -0.2) is 49.6 Å². The second-order valence-corrected chi connectivity index (χ2v) is 8.77. The fraction of sp³-hybridized carbons (Fsp3) is 0.350. The molecule has 0 saturated carbocycles. The number of pyridine rings is 1. The van der Waals surface area contributed by atoms with Gasteiger partial charge in [-0.05, 0) is 49.2 Å². The molecule has 0 aliphatic carbocycles. The van der Waals surface area contributed by atoms with E-state index < -0.39 is 27.9 Å². The highest BCUT2D eigenvalue weighted by Crippen LogP contribution is 2.15. The molecule has 1 heterocycles. The minimum absolute atomic E-state index is 0.0373. The lowest BCUT2D eigenvalue weighted by Crippen LogP contribution is -2.50. The molecule has 1 amide bonds. The number of carboxylic acid groups (broad SMARTS) is 1. The average molecular weight is 470 g/mol. The summed E-state index contributed by atoms with van der Waals surface area (Å²) in [6.07, 6.45) is 4.77. The van der Waals surface area contributed by atoms with Crippen LogP contribution in [0.15, 0.2) is 53.7 Å². The van der Waals surface area contributed by atoms with E-state index >= 15 is 0 Å². The van der Waals surface area contributed by atoms with Gasteiger partial charge in [-0.3, -0.25) is 14.6 Å². The number of halogens is 1. The number of sulfonamides is 1. The molecule has 0 saturated heterocycles. The van der Waals surface area contributed by atoms with Gasteiger partial charge in [-0.1, -0.05) is 18.0 Å². The van der Waals surface area contributed by atoms with E-state index in [1.165, 1.54) is 30.5 Å². The van der Waals surface area contributed by atoms with Crippen molar-refractivity contribution < 1.29 is 27.9 Å². The Morgan fingerprint density at radius 1 is 1.13 bits per heavy atom. The molecule has 11 heteroatoms. The number of ether oxygens (including phenoxy) is 1. The number of carboxylic acids is 1. The molecule has 1 aromatic heterocycles. The summed E-state index contributed by atoms with van der Waals surface area (Å²) in [5.74, 6) is -1.03. The van der Waals surface area contributed by atoms with Crippen LogP contribution in [0.4, 0.5) is 0 Å². The van der Waals surface area contributed by atoms with Crippen molar-refractivity contribution in [1.29, 1.82) is 0 Å². The van der Waals surface area contributed by atoms with Crippen molar-refractivity contribution in [3.8, 4) is 5.75 Å². The van der Waals surface area contributed by atoms with Crippen LogP contribution in [0.5, 0.6) is 5.75 Å². The topological polar surface area (TPSA) is 135 Å². The molecule has 9 nitrogen and oxygen atoms in total. The summed E-state index contributed by atoms with van der Waals surface area (Å²) in [4.78, 5) is 27.0. The van der Waals surface area contributed by atoms with Gasteiger partial charge in [-0.15, -0.1) is 0 Å². The van der Waals surface area contributed by atoms with Crippen LogP contribution in [0.1, 0.15) is 25.7 Å². The lowest BCUT2D eigenvalue weighted by atomic mass is 10.2. The average Bonchev–Trinajstić information content (AvgIpc) is 2.74. The van der Waals surface area contributed by atoms with E-state index in [4.69, 9.17) is 21.4 Å². The SMILES string of the molecule is O=C(O)CCCCCNC(=O)C(COc1cccnc1)NS(=O)(=O)c1ccc(Cl)cc1. The van der Waals surface area contributed by atoms with Gasteiger partial charge in [0.25, 0.3) is 0 Å². The number of benzene rings is 1. The van der Waals surface area contributed by atoms with E-state index in [0.29, 0.717) is 30.0 Å². The third-order valence-electron chi connectivity index (χ3n) is 4.16. The summed E-state index contributed by atoms with van der Waals surface area (Å²) in [6.45, 7) is 0.0356. The molecule has 1 aromatic carbocycles. The molecule has 2 rings (SSSR count). The van der Waals surface area contributed by atoms with Gasteiger partial charge in [0.15, 0.2) is 0 Å². The third kappa shape index (κ3) is 8.91. The van der Waals surface area contributed by atoms with Gasteiger partial charge in [0.2, 0.25) is 15.9 Å². The van der Waals surface area contributed by atoms with Gasteiger partial charge < -0.3 is 15.2 Å². The predicted octanol–water partition coefficient (Wildman–Crippen LogP) is 2.22. The van der Waals surface area contributed by atoms with Gasteiger partial charge >= 0.3 is 5.97 Å². The third-order valence-corrected chi connectivity index (χ3v) is 5.90. The zero-order valence-electron chi connectivity index (χ0n) is 16.7. The zero-order valence-corrected chi connectivity index (χ0v) is 18.2. The summed E-state index contributed by atoms with van der Waals surface area (Å²) < 4.78 is 33.3. The Bertz CT molecular complexity index is 955. The first kappa shape index (κ1) is 24.6. The Morgan fingerprint density at radius 2 is 1.87 bits per heavy atom. The number of carbonyl (C=O) groups is 2. The van der Waals surface area contributed by atoms with Gasteiger partial charge in [0.1, 0.15) is 18.4 Å². The molecular formula is C20H24ClN3O6S. The van der Waals surface area contributed by atoms with E-state index in [9.17, 15) is 18.0 Å². The highest BCUT2D eigenvalue weighted by Gasteiger charge is 2.26. The molecule has 0 fully saturated rings. The number of hydrogen-bond donors (Lipinski definition) is 3. The quantitative estimate of drug-likeness (QED) is 0.383. The van der Waals surface area contributed by atoms with Gasteiger partial charge in [-0.25, -0.2) is 8.42 Å². The standard InChI is InChI=1S/C20H24ClN3O6S/c21-15-7-9-17(10-8-15)31(28,29)24-18(14-30-16-5-4-11-22-13-16)20(27)23-12-3-1-2-6-19(25)26/h4-5,7-11,13,18,24H,1-3,6,12,14H2,(H,23,27)(H,25,26). The number of aliphatic carboxylic acids is 1. The molecule has 0 aliphatic heterocycles. The van der Waals surface area contributed by atoms with E-state index in [1.807, 2.05) is 0 Å². The Morgan fingerprint density at radius 3 is 2.52 bits per heavy atom. The van der Waals surface area contributed by atoms with Crippen LogP contribution in [0.25, 0.3) is 0 Å². The van der Waals surface area contributed by atoms with E-state index in [2.05, 4.69) is 15.0 Å². The first-order chi connectivity index (χ1) is 14.8. The highest BCUT2D eigenvalue weighted by molar-refractivity contribution is 7.89. The maximum atomic E-state index is 12.7. The number of hydrogen-bond acceptors (Lipinski definition) is 6. The molecule has 0 bridgehead atoms. The fourth-order valence-electron chi connectivity index (χ4n) is 2.56. The van der Waals surface area contributed by atoms with Crippen molar-refractivity contribution in [1.82, 2.24) is 15.0 Å². The van der Waals surface area contributed by atoms with Crippen LogP contribution in [0.3, 0.4) is 0 Å². The molecule has 168 valence electrons. The Balaban J connectivity index is 2.00. The van der Waals surface area contributed by atoms with Crippen LogP contribution < -0.4 is 14.8 Å². The minimum atomic E-state index is -4.00. The lowest BCUT2D eigenvalue weighted by molar-refractivity contribution is -0.137. The van der Waals surface area contributed by atoms with Crippen LogP contribution in [0.2, 0.25) is 5.02 Å². The second kappa shape index (κ2) is 12.2. The molecule has 0 spiro atoms. The maximum absolute atomic E-state index is 12.7. The first-order valence-electron chi connectivity index (χ1n) is 9.58. The molecule has 1 unspecified atom stereocenters. The molecular weight excluding hydrogens is 446 g/mol. The summed E-state index contributed by atoms with van der Waals surface area (Å²) >= 11 is 5.81. The van der Waals surface area contributed by atoms with E-state index in [0.717, 1.165) is 0 Å². The summed E-state index contributed by atoms with van der Waals surface area (Å²) in [5.41, 5.74) is 0. The summed E-state index contributed by atoms with van der Waals surface area (Å²) in [5, 5.41) is 11.7. The first-order valence-corrected chi connectivity index (χ1v) is 11.4. The Labute approximate surface area is 185 Å². The van der Waals surface area contributed by atoms with Gasteiger partial charge in [0, 0.05) is 24.2 Å². The Hall–Kier alpha value is -2.69. The van der Waals surface area contributed by atoms with E-state index in [-0.39, 0.29) is 24.5 Å². The fourth-order valence-corrected chi connectivity index (χ4v) is 3.86. The highest BCUT2D eigenvalue weighted by atomic mass is 35.5. The van der Waals surface area contributed by atoms with Crippen molar-refractivity contribution >= 4 is 33.5 Å². The van der Waals surface area contributed by atoms with Crippen LogP contribution in [-0.2, 0) is 19.6 Å². The number of carbonyl (C=O) groups excluding carboxylic acids is 1. The number of aromatic nitrogens is 1. The summed E-state index contributed by atoms with van der Waals surface area (Å²) in [7, 11) is -4.00. The van der Waals surface area contributed by atoms with Gasteiger partial charge in [0.05, 0.1) is 11.1 Å². The molecule has 2 aromatic rings. The number of nitrogens with zero attached hydrogens (tertiary/aromatic N) is 1. The van der Waals surface area contributed by atoms with Crippen molar-refractivity contribution in [2.24, 2.45) is 0 Å². The normalized spacial score (nSPS) is 12.2. The largest absolute Gasteiger partial charge is 0.490 e.